The molecule has 86 valence electrons. The number of aldehydes is 1. The number of hydrogen-bond acceptors (Lipinski definition) is 5. The summed E-state index contributed by atoms with van der Waals surface area (Å²) in [5.74, 6) is 1.29. The first-order chi connectivity index (χ1) is 7.86. The highest BCUT2D eigenvalue weighted by Crippen LogP contribution is 2.38. The fourth-order valence-corrected chi connectivity index (χ4v) is 1.63. The lowest BCUT2D eigenvalue weighted by Crippen LogP contribution is -2.16. The number of hydrogen-bond donors (Lipinski definition) is 1. The van der Waals surface area contributed by atoms with Crippen LogP contribution in [0.3, 0.4) is 0 Å². The number of carbonyl (C=O) groups is 1. The molecule has 0 amide bonds. The van der Waals surface area contributed by atoms with E-state index >= 15 is 0 Å². The molecule has 0 atom stereocenters. The Kier molecular flexibility index (Phi) is 3.38. The fraction of sp³-hybridized carbons (Fsp3) is 0.364. The van der Waals surface area contributed by atoms with Crippen molar-refractivity contribution in [2.75, 3.05) is 13.7 Å². The van der Waals surface area contributed by atoms with Gasteiger partial charge in [-0.2, -0.15) is 4.89 Å². The molecule has 5 nitrogen and oxygen atoms in total. The van der Waals surface area contributed by atoms with Crippen molar-refractivity contribution < 1.29 is 19.3 Å². The number of fused-ring (bicyclic) bond motifs is 1. The molecule has 1 N–H and O–H groups in total. The van der Waals surface area contributed by atoms with E-state index in [0.717, 1.165) is 17.4 Å². The Balaban J connectivity index is 2.21. The van der Waals surface area contributed by atoms with E-state index in [0.29, 0.717) is 31.2 Å². The van der Waals surface area contributed by atoms with Crippen LogP contribution < -0.4 is 14.9 Å². The van der Waals surface area contributed by atoms with Crippen molar-refractivity contribution in [2.45, 2.75) is 13.2 Å². The lowest BCUT2D eigenvalue weighted by atomic mass is 10.1. The van der Waals surface area contributed by atoms with Gasteiger partial charge in [-0.1, -0.05) is 12.1 Å². The molecule has 1 aliphatic rings. The van der Waals surface area contributed by atoms with Gasteiger partial charge in [0, 0.05) is 17.7 Å². The zero-order valence-electron chi connectivity index (χ0n) is 8.99. The number of rotatable bonds is 5. The predicted octanol–water partition coefficient (Wildman–Crippen LogP) is 0.808. The number of methoxy groups -OCH3 is 1. The number of benzene rings is 1. The first-order valence-corrected chi connectivity index (χ1v) is 4.99. The van der Waals surface area contributed by atoms with Gasteiger partial charge in [0.2, 0.25) is 5.75 Å². The normalized spacial score (nSPS) is 13.1. The lowest BCUT2D eigenvalue weighted by molar-refractivity contribution is -0.195. The molecule has 0 unspecified atom stereocenters. The molecule has 5 heteroatoms. The van der Waals surface area contributed by atoms with Crippen molar-refractivity contribution in [1.82, 2.24) is 5.32 Å². The second-order valence-corrected chi connectivity index (χ2v) is 3.39. The summed E-state index contributed by atoms with van der Waals surface area (Å²) in [4.78, 5) is 20.1. The van der Waals surface area contributed by atoms with Crippen molar-refractivity contribution in [3.8, 4) is 11.5 Å². The largest absolute Gasteiger partial charge is 0.492 e. The molecular formula is C11H13NO4. The van der Waals surface area contributed by atoms with Gasteiger partial charge in [0.05, 0.1) is 13.7 Å². The maximum absolute atomic E-state index is 10.2. The molecule has 1 aromatic rings. The molecule has 0 fully saturated rings. The molecular weight excluding hydrogens is 210 g/mol. The van der Waals surface area contributed by atoms with Crippen LogP contribution in [0, 0.1) is 0 Å². The van der Waals surface area contributed by atoms with Gasteiger partial charge in [-0.05, 0) is 0 Å². The van der Waals surface area contributed by atoms with Crippen LogP contribution in [-0.4, -0.2) is 19.9 Å². The maximum Gasteiger partial charge on any atom is 0.213 e. The van der Waals surface area contributed by atoms with Crippen LogP contribution >= 0.6 is 0 Å². The maximum atomic E-state index is 10.2. The minimum absolute atomic E-state index is 0.317. The third-order valence-corrected chi connectivity index (χ3v) is 2.38. The van der Waals surface area contributed by atoms with Crippen molar-refractivity contribution >= 4 is 6.29 Å². The quantitative estimate of drug-likeness (QED) is 0.454. The SMILES string of the molecule is COc1c(CNCC=O)ccc2c1OOC2. The summed E-state index contributed by atoms with van der Waals surface area (Å²) in [6.07, 6.45) is 0.819. The second kappa shape index (κ2) is 4.96. The molecule has 2 rings (SSSR count). The molecule has 0 bridgehead atoms. The highest BCUT2D eigenvalue weighted by Gasteiger charge is 2.21. The number of ether oxygens (including phenoxy) is 1. The van der Waals surface area contributed by atoms with Gasteiger partial charge in [0.25, 0.3) is 0 Å². The predicted molar refractivity (Wildman–Crippen MR) is 56.2 cm³/mol. The van der Waals surface area contributed by atoms with Crippen LogP contribution in [0.5, 0.6) is 11.5 Å². The molecule has 16 heavy (non-hydrogen) atoms. The molecule has 0 aliphatic carbocycles. The van der Waals surface area contributed by atoms with Crippen LogP contribution in [0.4, 0.5) is 0 Å². The number of carbonyl (C=O) groups excluding carboxylic acids is 1. The Morgan fingerprint density at radius 3 is 3.19 bits per heavy atom. The monoisotopic (exact) mass is 223 g/mol. The smallest absolute Gasteiger partial charge is 0.213 e. The number of nitrogens with one attached hydrogen (secondary N) is 1. The summed E-state index contributed by atoms with van der Waals surface area (Å²) < 4.78 is 5.29. The van der Waals surface area contributed by atoms with Crippen molar-refractivity contribution in [1.29, 1.82) is 0 Å². The van der Waals surface area contributed by atoms with Gasteiger partial charge in [-0.25, -0.2) is 0 Å². The van der Waals surface area contributed by atoms with E-state index in [4.69, 9.17) is 14.5 Å². The third-order valence-electron chi connectivity index (χ3n) is 2.38. The zero-order valence-corrected chi connectivity index (χ0v) is 8.99. The Morgan fingerprint density at radius 1 is 1.56 bits per heavy atom. The fourth-order valence-electron chi connectivity index (χ4n) is 1.63. The molecule has 0 saturated heterocycles. The molecule has 0 aromatic heterocycles. The summed E-state index contributed by atoms with van der Waals surface area (Å²) in [7, 11) is 1.58. The van der Waals surface area contributed by atoms with Gasteiger partial charge in [0.1, 0.15) is 12.9 Å². The highest BCUT2D eigenvalue weighted by atomic mass is 17.2. The Morgan fingerprint density at radius 2 is 2.44 bits per heavy atom. The van der Waals surface area contributed by atoms with Crippen LogP contribution in [0.1, 0.15) is 11.1 Å². The molecule has 1 heterocycles. The average molecular weight is 223 g/mol. The molecule has 0 spiro atoms. The van der Waals surface area contributed by atoms with Crippen LogP contribution in [0.25, 0.3) is 0 Å². The third kappa shape index (κ3) is 2.00. The van der Waals surface area contributed by atoms with Gasteiger partial charge < -0.3 is 19.7 Å². The standard InChI is InChI=1S/C11H13NO4/c1-14-10-8(6-12-4-5-13)2-3-9-7-15-16-11(9)10/h2-3,5,12H,4,6-7H2,1H3. The minimum atomic E-state index is 0.317. The Bertz CT molecular complexity index is 392. The minimum Gasteiger partial charge on any atom is -0.492 e. The van der Waals surface area contributed by atoms with E-state index in [2.05, 4.69) is 5.32 Å². The van der Waals surface area contributed by atoms with Crippen molar-refractivity contribution in [2.24, 2.45) is 0 Å². The summed E-state index contributed by atoms with van der Waals surface area (Å²) >= 11 is 0. The first kappa shape index (κ1) is 10.9. The van der Waals surface area contributed by atoms with Gasteiger partial charge in [-0.15, -0.1) is 0 Å². The average Bonchev–Trinajstić information content (AvgIpc) is 2.77. The van der Waals surface area contributed by atoms with Crippen LogP contribution in [0.2, 0.25) is 0 Å². The van der Waals surface area contributed by atoms with Crippen molar-refractivity contribution in [3.63, 3.8) is 0 Å². The van der Waals surface area contributed by atoms with Gasteiger partial charge in [-0.3, -0.25) is 0 Å². The van der Waals surface area contributed by atoms with E-state index in [1.165, 1.54) is 0 Å². The van der Waals surface area contributed by atoms with Gasteiger partial charge in [0.15, 0.2) is 5.75 Å². The zero-order chi connectivity index (χ0) is 11.4. The molecule has 0 saturated carbocycles. The van der Waals surface area contributed by atoms with E-state index < -0.39 is 0 Å². The molecule has 0 radical (unpaired) electrons. The lowest BCUT2D eigenvalue weighted by Gasteiger charge is -2.10. The second-order valence-electron chi connectivity index (χ2n) is 3.39. The highest BCUT2D eigenvalue weighted by molar-refractivity contribution is 5.54. The van der Waals surface area contributed by atoms with E-state index in [-0.39, 0.29) is 0 Å². The molecule has 1 aromatic carbocycles. The van der Waals surface area contributed by atoms with E-state index in [1.54, 1.807) is 7.11 Å². The summed E-state index contributed by atoms with van der Waals surface area (Å²) in [5, 5.41) is 2.97. The summed E-state index contributed by atoms with van der Waals surface area (Å²) in [6.45, 7) is 1.31. The van der Waals surface area contributed by atoms with E-state index in [9.17, 15) is 4.79 Å². The summed E-state index contributed by atoms with van der Waals surface area (Å²) in [6, 6.07) is 3.87. The molecule has 1 aliphatic heterocycles. The Labute approximate surface area is 93.2 Å². The summed E-state index contributed by atoms with van der Waals surface area (Å²) in [5.41, 5.74) is 1.91. The van der Waals surface area contributed by atoms with E-state index in [1.807, 2.05) is 12.1 Å². The van der Waals surface area contributed by atoms with Crippen molar-refractivity contribution in [3.05, 3.63) is 23.3 Å². The van der Waals surface area contributed by atoms with Crippen LogP contribution in [-0.2, 0) is 22.8 Å². The van der Waals surface area contributed by atoms with Crippen LogP contribution in [0.15, 0.2) is 12.1 Å². The van der Waals surface area contributed by atoms with Gasteiger partial charge >= 0.3 is 0 Å². The topological polar surface area (TPSA) is 56.8 Å². The first-order valence-electron chi connectivity index (χ1n) is 4.99. The Hall–Kier alpha value is -1.59.